The number of pyridine rings is 1. The zero-order valence-corrected chi connectivity index (χ0v) is 17.0. The van der Waals surface area contributed by atoms with Gasteiger partial charge in [-0.25, -0.2) is 4.99 Å². The molecule has 150 valence electrons. The topological polar surface area (TPSA) is 90.0 Å². The van der Waals surface area contributed by atoms with E-state index in [1.807, 2.05) is 12.1 Å². The summed E-state index contributed by atoms with van der Waals surface area (Å²) < 4.78 is 11.1. The summed E-state index contributed by atoms with van der Waals surface area (Å²) in [6.45, 7) is 1.35. The number of rotatable bonds is 10. The average Bonchev–Trinajstić information content (AvgIpc) is 3.13. The molecule has 0 aliphatic carbocycles. The smallest absolute Gasteiger partial charge is 0.127 e. The first-order valence-corrected chi connectivity index (χ1v) is 10.5. The molecule has 0 radical (unpaired) electrons. The van der Waals surface area contributed by atoms with Crippen molar-refractivity contribution >= 4 is 22.5 Å². The van der Waals surface area contributed by atoms with Crippen molar-refractivity contribution in [3.63, 3.8) is 0 Å². The first-order chi connectivity index (χ1) is 13.7. The van der Waals surface area contributed by atoms with Crippen molar-refractivity contribution in [1.29, 1.82) is 0 Å². The third kappa shape index (κ3) is 5.25. The van der Waals surface area contributed by atoms with Crippen LogP contribution in [0.4, 0.5) is 5.69 Å². The molecule has 0 fully saturated rings. The average molecular weight is 402 g/mol. The minimum Gasteiger partial charge on any atom is -0.496 e. The molecule has 7 heteroatoms. The standard InChI is InChI=1S/C21H27N3O3S/c1-26-20-7-9-23-19(17(20)13-25)14-28-21-11-15-5-6-16(12-18(15)24-21)27-10-4-2-3-8-22/h5-7,9,12,25H,2-4,8,10-11,13-14,22H2,1H3. The van der Waals surface area contributed by atoms with E-state index in [4.69, 9.17) is 20.2 Å². The Balaban J connectivity index is 1.58. The molecule has 28 heavy (non-hydrogen) atoms. The molecule has 6 nitrogen and oxygen atoms in total. The molecule has 2 heterocycles. The van der Waals surface area contributed by atoms with Crippen LogP contribution in [0, 0.1) is 0 Å². The van der Waals surface area contributed by atoms with Gasteiger partial charge in [-0.2, -0.15) is 0 Å². The second-order valence-corrected chi connectivity index (χ2v) is 7.60. The Morgan fingerprint density at radius 1 is 1.21 bits per heavy atom. The van der Waals surface area contributed by atoms with Gasteiger partial charge in [0, 0.05) is 30.0 Å². The molecule has 2 aromatic rings. The maximum atomic E-state index is 9.63. The Labute approximate surface area is 170 Å². The lowest BCUT2D eigenvalue weighted by Gasteiger charge is -2.10. The first-order valence-electron chi connectivity index (χ1n) is 9.53. The predicted molar refractivity (Wildman–Crippen MR) is 114 cm³/mol. The number of nitrogens with zero attached hydrogens (tertiary/aromatic N) is 2. The molecule has 0 bridgehead atoms. The van der Waals surface area contributed by atoms with Crippen LogP contribution in [0.1, 0.15) is 36.1 Å². The zero-order chi connectivity index (χ0) is 19.8. The maximum absolute atomic E-state index is 9.63. The van der Waals surface area contributed by atoms with Crippen LogP contribution in [-0.4, -0.2) is 35.4 Å². The van der Waals surface area contributed by atoms with Gasteiger partial charge in [-0.05, 0) is 43.5 Å². The minimum absolute atomic E-state index is 0.0917. The van der Waals surface area contributed by atoms with E-state index in [1.165, 1.54) is 5.56 Å². The number of hydrogen-bond donors (Lipinski definition) is 2. The molecule has 0 saturated carbocycles. The van der Waals surface area contributed by atoms with Gasteiger partial charge in [-0.1, -0.05) is 6.07 Å². The Kier molecular flexibility index (Phi) is 7.71. The van der Waals surface area contributed by atoms with Gasteiger partial charge in [0.2, 0.25) is 0 Å². The van der Waals surface area contributed by atoms with E-state index in [2.05, 4.69) is 11.1 Å². The highest BCUT2D eigenvalue weighted by atomic mass is 32.2. The second-order valence-electron chi connectivity index (χ2n) is 6.56. The van der Waals surface area contributed by atoms with Crippen LogP contribution in [0.15, 0.2) is 35.5 Å². The molecular formula is C21H27N3O3S. The molecule has 0 unspecified atom stereocenters. The van der Waals surface area contributed by atoms with Gasteiger partial charge in [0.05, 0.1) is 36.7 Å². The second kappa shape index (κ2) is 10.5. The van der Waals surface area contributed by atoms with Crippen molar-refractivity contribution in [2.45, 2.75) is 38.0 Å². The van der Waals surface area contributed by atoms with Crippen molar-refractivity contribution in [3.8, 4) is 11.5 Å². The quantitative estimate of drug-likeness (QED) is 0.591. The van der Waals surface area contributed by atoms with E-state index in [0.29, 0.717) is 18.1 Å². The number of unbranched alkanes of at least 4 members (excludes halogenated alkanes) is 2. The van der Waals surface area contributed by atoms with Gasteiger partial charge in [0.15, 0.2) is 0 Å². The van der Waals surface area contributed by atoms with Gasteiger partial charge in [-0.15, -0.1) is 11.8 Å². The number of methoxy groups -OCH3 is 1. The number of aliphatic imine (C=N–C) groups is 1. The number of aliphatic hydroxyl groups excluding tert-OH is 1. The van der Waals surface area contributed by atoms with Crippen LogP contribution in [0.25, 0.3) is 0 Å². The lowest BCUT2D eigenvalue weighted by molar-refractivity contribution is 0.272. The van der Waals surface area contributed by atoms with E-state index < -0.39 is 0 Å². The molecule has 0 amide bonds. The number of aromatic nitrogens is 1. The molecule has 1 aromatic heterocycles. The molecule has 1 aromatic carbocycles. The third-order valence-corrected chi connectivity index (χ3v) is 5.60. The number of aliphatic hydroxyl groups is 1. The fraction of sp³-hybridized carbons (Fsp3) is 0.429. The monoisotopic (exact) mass is 401 g/mol. The number of fused-ring (bicyclic) bond motifs is 1. The highest BCUT2D eigenvalue weighted by Crippen LogP contribution is 2.35. The van der Waals surface area contributed by atoms with Crippen LogP contribution >= 0.6 is 11.8 Å². The lowest BCUT2D eigenvalue weighted by atomic mass is 10.1. The largest absolute Gasteiger partial charge is 0.496 e. The third-order valence-electron chi connectivity index (χ3n) is 4.62. The summed E-state index contributed by atoms with van der Waals surface area (Å²) in [5, 5.41) is 10.7. The highest BCUT2D eigenvalue weighted by Gasteiger charge is 2.17. The summed E-state index contributed by atoms with van der Waals surface area (Å²) in [4.78, 5) is 9.14. The molecule has 1 aliphatic heterocycles. The van der Waals surface area contributed by atoms with Gasteiger partial charge < -0.3 is 20.3 Å². The summed E-state index contributed by atoms with van der Waals surface area (Å²) in [6.07, 6.45) is 5.66. The van der Waals surface area contributed by atoms with E-state index in [0.717, 1.165) is 60.0 Å². The fourth-order valence-electron chi connectivity index (χ4n) is 3.07. The predicted octanol–water partition coefficient (Wildman–Crippen LogP) is 3.61. The fourth-order valence-corrected chi connectivity index (χ4v) is 4.04. The number of hydrogen-bond acceptors (Lipinski definition) is 7. The van der Waals surface area contributed by atoms with Crippen molar-refractivity contribution in [3.05, 3.63) is 47.3 Å². The van der Waals surface area contributed by atoms with Gasteiger partial charge in [0.1, 0.15) is 11.5 Å². The minimum atomic E-state index is -0.0917. The molecule has 3 N–H and O–H groups in total. The van der Waals surface area contributed by atoms with Crippen molar-refractivity contribution in [1.82, 2.24) is 4.98 Å². The van der Waals surface area contributed by atoms with Gasteiger partial charge in [-0.3, -0.25) is 4.98 Å². The van der Waals surface area contributed by atoms with Crippen molar-refractivity contribution in [2.75, 3.05) is 20.3 Å². The zero-order valence-electron chi connectivity index (χ0n) is 16.2. The molecule has 1 aliphatic rings. The first kappa shape index (κ1) is 20.6. The van der Waals surface area contributed by atoms with E-state index in [1.54, 1.807) is 31.1 Å². The number of ether oxygens (including phenoxy) is 2. The van der Waals surface area contributed by atoms with Crippen molar-refractivity contribution < 1.29 is 14.6 Å². The van der Waals surface area contributed by atoms with Crippen LogP contribution < -0.4 is 15.2 Å². The Hall–Kier alpha value is -2.09. The molecule has 0 saturated heterocycles. The normalized spacial score (nSPS) is 12.6. The van der Waals surface area contributed by atoms with Gasteiger partial charge >= 0.3 is 0 Å². The van der Waals surface area contributed by atoms with Crippen LogP contribution in [0.5, 0.6) is 11.5 Å². The maximum Gasteiger partial charge on any atom is 0.127 e. The molecule has 0 atom stereocenters. The summed E-state index contributed by atoms with van der Waals surface area (Å²) in [5.41, 5.74) is 9.25. The van der Waals surface area contributed by atoms with E-state index >= 15 is 0 Å². The Bertz CT molecular complexity index is 827. The van der Waals surface area contributed by atoms with E-state index in [-0.39, 0.29) is 6.61 Å². The number of nitrogens with two attached hydrogens (primary N) is 1. The van der Waals surface area contributed by atoms with Crippen LogP contribution in [-0.2, 0) is 18.8 Å². The highest BCUT2D eigenvalue weighted by molar-refractivity contribution is 8.13. The number of thioether (sulfide) groups is 1. The van der Waals surface area contributed by atoms with Crippen LogP contribution in [0.3, 0.4) is 0 Å². The molecular weight excluding hydrogens is 374 g/mol. The van der Waals surface area contributed by atoms with Gasteiger partial charge in [0.25, 0.3) is 0 Å². The van der Waals surface area contributed by atoms with Crippen LogP contribution in [0.2, 0.25) is 0 Å². The van der Waals surface area contributed by atoms with E-state index in [9.17, 15) is 5.11 Å². The lowest BCUT2D eigenvalue weighted by Crippen LogP contribution is -2.02. The van der Waals surface area contributed by atoms with Crippen molar-refractivity contribution in [2.24, 2.45) is 10.7 Å². The summed E-state index contributed by atoms with van der Waals surface area (Å²) >= 11 is 1.64. The Morgan fingerprint density at radius 3 is 2.89 bits per heavy atom. The SMILES string of the molecule is COc1ccnc(CSC2=Nc3cc(OCCCCCN)ccc3C2)c1CO. The molecule has 3 rings (SSSR count). The Morgan fingerprint density at radius 2 is 2.11 bits per heavy atom. The molecule has 0 spiro atoms. The summed E-state index contributed by atoms with van der Waals surface area (Å²) in [6, 6.07) is 7.87. The summed E-state index contributed by atoms with van der Waals surface area (Å²) in [5.74, 6) is 2.17. The number of benzene rings is 1. The summed E-state index contributed by atoms with van der Waals surface area (Å²) in [7, 11) is 1.60.